The van der Waals surface area contributed by atoms with Crippen molar-refractivity contribution in [2.75, 3.05) is 6.61 Å². The topological polar surface area (TPSA) is 68.2 Å². The highest BCUT2D eigenvalue weighted by Gasteiger charge is 2.58. The molecule has 210 valence electrons. The highest BCUT2D eigenvalue weighted by Crippen LogP contribution is 2.43. The van der Waals surface area contributed by atoms with E-state index in [0.717, 1.165) is 22.3 Å². The third kappa shape index (κ3) is 5.20. The van der Waals surface area contributed by atoms with Gasteiger partial charge < -0.3 is 24.2 Å². The zero-order valence-corrected chi connectivity index (χ0v) is 23.3. The van der Waals surface area contributed by atoms with Crippen molar-refractivity contribution in [2.24, 2.45) is 0 Å². The summed E-state index contributed by atoms with van der Waals surface area (Å²) in [7, 11) is 0. The summed E-state index contributed by atoms with van der Waals surface area (Å²) >= 11 is 0. The van der Waals surface area contributed by atoms with Crippen LogP contribution in [0.4, 0.5) is 0 Å². The fourth-order valence-electron chi connectivity index (χ4n) is 6.13. The van der Waals surface area contributed by atoms with Gasteiger partial charge in [0.05, 0.1) is 12.6 Å². The summed E-state index contributed by atoms with van der Waals surface area (Å²) < 4.78 is 19.8. The van der Waals surface area contributed by atoms with Gasteiger partial charge in [0.25, 0.3) is 5.91 Å². The third-order valence-electron chi connectivity index (χ3n) is 7.98. The molecule has 6 nitrogen and oxygen atoms in total. The SMILES string of the molecule is CC1(C)O[C@H]([C@@H]2[C@H](O)C(=O)N2Cc2ccccc2)[C@@H](COC(c2ccccc2)(c2ccccc2)c2ccccc2)O1. The van der Waals surface area contributed by atoms with Crippen molar-refractivity contribution in [1.29, 1.82) is 0 Å². The average Bonchev–Trinajstić information content (AvgIpc) is 3.32. The van der Waals surface area contributed by atoms with Gasteiger partial charge in [0.2, 0.25) is 0 Å². The highest BCUT2D eigenvalue weighted by molar-refractivity contribution is 5.88. The number of amides is 1. The van der Waals surface area contributed by atoms with Gasteiger partial charge in [0.1, 0.15) is 17.8 Å². The van der Waals surface area contributed by atoms with Crippen molar-refractivity contribution < 1.29 is 24.1 Å². The number of β-lactam (4-membered cyclic amide) rings is 1. The van der Waals surface area contributed by atoms with Crippen LogP contribution in [0.3, 0.4) is 0 Å². The number of hydrogen-bond acceptors (Lipinski definition) is 5. The summed E-state index contributed by atoms with van der Waals surface area (Å²) in [5, 5.41) is 10.9. The van der Waals surface area contributed by atoms with Crippen molar-refractivity contribution in [3.63, 3.8) is 0 Å². The number of likely N-dealkylation sites (tertiary alicyclic amines) is 1. The number of aliphatic hydroxyl groups is 1. The first kappa shape index (κ1) is 27.4. The van der Waals surface area contributed by atoms with Crippen LogP contribution >= 0.6 is 0 Å². The van der Waals surface area contributed by atoms with Crippen molar-refractivity contribution in [1.82, 2.24) is 4.90 Å². The summed E-state index contributed by atoms with van der Waals surface area (Å²) in [5.41, 5.74) is 3.01. The zero-order chi connectivity index (χ0) is 28.5. The molecule has 6 rings (SSSR count). The maximum Gasteiger partial charge on any atom is 0.254 e. The molecule has 0 radical (unpaired) electrons. The normalized spacial score (nSPS) is 23.8. The van der Waals surface area contributed by atoms with Gasteiger partial charge in [-0.1, -0.05) is 121 Å². The van der Waals surface area contributed by atoms with E-state index in [2.05, 4.69) is 36.4 Å². The summed E-state index contributed by atoms with van der Waals surface area (Å²) in [6.45, 7) is 4.26. The fourth-order valence-corrected chi connectivity index (χ4v) is 6.13. The number of carbonyl (C=O) groups is 1. The Hall–Kier alpha value is -3.81. The molecular weight excluding hydrogens is 514 g/mol. The number of rotatable bonds is 9. The second-order valence-corrected chi connectivity index (χ2v) is 11.1. The number of carbonyl (C=O) groups excluding carboxylic acids is 1. The maximum absolute atomic E-state index is 12.8. The van der Waals surface area contributed by atoms with E-state index in [0.29, 0.717) is 6.54 Å². The molecule has 0 aromatic heterocycles. The Labute approximate surface area is 241 Å². The molecule has 2 aliphatic heterocycles. The molecule has 0 spiro atoms. The minimum absolute atomic E-state index is 0.170. The van der Waals surface area contributed by atoms with Gasteiger partial charge in [-0.2, -0.15) is 0 Å². The Kier molecular flexibility index (Phi) is 7.49. The van der Waals surface area contributed by atoms with E-state index in [1.54, 1.807) is 4.90 Å². The fraction of sp³-hybridized carbons (Fsp3) is 0.286. The van der Waals surface area contributed by atoms with E-state index >= 15 is 0 Å². The van der Waals surface area contributed by atoms with Gasteiger partial charge in [0.15, 0.2) is 11.9 Å². The molecule has 0 saturated carbocycles. The van der Waals surface area contributed by atoms with E-state index in [4.69, 9.17) is 14.2 Å². The van der Waals surface area contributed by atoms with Crippen LogP contribution in [-0.2, 0) is 31.2 Å². The minimum atomic E-state index is -1.16. The van der Waals surface area contributed by atoms with Crippen LogP contribution in [0.5, 0.6) is 0 Å². The van der Waals surface area contributed by atoms with Gasteiger partial charge in [-0.15, -0.1) is 0 Å². The van der Waals surface area contributed by atoms with E-state index in [9.17, 15) is 9.90 Å². The minimum Gasteiger partial charge on any atom is -0.381 e. The summed E-state index contributed by atoms with van der Waals surface area (Å²) in [6, 6.07) is 39.7. The predicted octanol–water partition coefficient (Wildman–Crippen LogP) is 5.29. The third-order valence-corrected chi connectivity index (χ3v) is 7.98. The summed E-state index contributed by atoms with van der Waals surface area (Å²) in [4.78, 5) is 14.5. The number of ether oxygens (including phenoxy) is 3. The zero-order valence-electron chi connectivity index (χ0n) is 23.3. The Morgan fingerprint density at radius 2 is 1.22 bits per heavy atom. The average molecular weight is 550 g/mol. The molecule has 2 fully saturated rings. The lowest BCUT2D eigenvalue weighted by Crippen LogP contribution is -2.70. The lowest BCUT2D eigenvalue weighted by atomic mass is 9.80. The van der Waals surface area contributed by atoms with Gasteiger partial charge >= 0.3 is 0 Å². The monoisotopic (exact) mass is 549 g/mol. The quantitative estimate of drug-likeness (QED) is 0.227. The second kappa shape index (κ2) is 11.2. The molecule has 1 amide bonds. The van der Waals surface area contributed by atoms with Gasteiger partial charge in [0, 0.05) is 6.54 Å². The van der Waals surface area contributed by atoms with E-state index in [1.165, 1.54) is 0 Å². The van der Waals surface area contributed by atoms with Crippen LogP contribution in [-0.4, -0.2) is 52.7 Å². The van der Waals surface area contributed by atoms with Crippen LogP contribution in [0.25, 0.3) is 0 Å². The number of aliphatic hydroxyl groups excluding tert-OH is 1. The maximum atomic E-state index is 12.8. The molecule has 4 aromatic carbocycles. The first-order chi connectivity index (χ1) is 19.9. The van der Waals surface area contributed by atoms with Crippen LogP contribution in [0.2, 0.25) is 0 Å². The molecule has 41 heavy (non-hydrogen) atoms. The van der Waals surface area contributed by atoms with Gasteiger partial charge in [-0.25, -0.2) is 0 Å². The number of nitrogens with zero attached hydrogens (tertiary/aromatic N) is 1. The largest absolute Gasteiger partial charge is 0.381 e. The molecule has 0 aliphatic carbocycles. The Balaban J connectivity index is 1.35. The Morgan fingerprint density at radius 3 is 1.71 bits per heavy atom. The van der Waals surface area contributed by atoms with Crippen LogP contribution in [0.15, 0.2) is 121 Å². The standard InChI is InChI=1S/C35H35NO5/c1-34(2)40-29(32(41-34)30-31(37)33(38)36(30)23-25-15-7-3-8-16-25)24-39-35(26-17-9-4-10-18-26,27-19-11-5-12-20-27)28-21-13-6-14-22-28/h3-22,29-32,37H,23-24H2,1-2H3/t29-,30+,31+,32+/m1/s1. The molecular formula is C35H35NO5. The Bertz CT molecular complexity index is 1350. The van der Waals surface area contributed by atoms with E-state index in [-0.39, 0.29) is 12.5 Å². The van der Waals surface area contributed by atoms with Crippen molar-refractivity contribution in [3.8, 4) is 0 Å². The molecule has 4 aromatic rings. The van der Waals surface area contributed by atoms with Crippen LogP contribution in [0, 0.1) is 0 Å². The second-order valence-electron chi connectivity index (χ2n) is 11.1. The van der Waals surface area contributed by atoms with E-state index in [1.807, 2.05) is 98.8 Å². The lowest BCUT2D eigenvalue weighted by molar-refractivity contribution is -0.190. The molecule has 2 saturated heterocycles. The number of hydrogen-bond donors (Lipinski definition) is 1. The van der Waals surface area contributed by atoms with Crippen molar-refractivity contribution >= 4 is 5.91 Å². The highest BCUT2D eigenvalue weighted by atomic mass is 16.8. The molecule has 4 atom stereocenters. The van der Waals surface area contributed by atoms with E-state index < -0.39 is 35.7 Å². The number of benzene rings is 4. The summed E-state index contributed by atoms with van der Waals surface area (Å²) in [5.74, 6) is -1.22. The smallest absolute Gasteiger partial charge is 0.254 e. The summed E-state index contributed by atoms with van der Waals surface area (Å²) in [6.07, 6.45) is -2.28. The van der Waals surface area contributed by atoms with Gasteiger partial charge in [-0.3, -0.25) is 4.79 Å². The predicted molar refractivity (Wildman–Crippen MR) is 156 cm³/mol. The van der Waals surface area contributed by atoms with Gasteiger partial charge in [-0.05, 0) is 36.1 Å². The molecule has 2 heterocycles. The van der Waals surface area contributed by atoms with Crippen LogP contribution < -0.4 is 0 Å². The molecule has 0 unspecified atom stereocenters. The first-order valence-electron chi connectivity index (χ1n) is 14.1. The first-order valence-corrected chi connectivity index (χ1v) is 14.1. The lowest BCUT2D eigenvalue weighted by Gasteiger charge is -2.48. The molecule has 1 N–H and O–H groups in total. The molecule has 6 heteroatoms. The molecule has 0 bridgehead atoms. The molecule has 2 aliphatic rings. The van der Waals surface area contributed by atoms with Crippen molar-refractivity contribution in [2.45, 2.75) is 56.1 Å². The Morgan fingerprint density at radius 1 is 0.756 bits per heavy atom. The van der Waals surface area contributed by atoms with Crippen LogP contribution in [0.1, 0.15) is 36.1 Å². The van der Waals surface area contributed by atoms with Crippen molar-refractivity contribution in [3.05, 3.63) is 144 Å².